The van der Waals surface area contributed by atoms with Gasteiger partial charge in [0.05, 0.1) is 7.11 Å². The minimum Gasteiger partial charge on any atom is -0.483 e. The average Bonchev–Trinajstić information content (AvgIpc) is 2.38. The first-order valence-corrected chi connectivity index (χ1v) is 5.06. The first-order chi connectivity index (χ1) is 7.90. The fourth-order valence-corrected chi connectivity index (χ4v) is 1.37. The Hall–Kier alpha value is -2.03. The van der Waals surface area contributed by atoms with Crippen LogP contribution in [0.5, 0.6) is 11.6 Å². The number of rotatable bonds is 4. The Labute approximate surface area is 94.7 Å². The number of hydrogen-bond acceptors (Lipinski definition) is 3. The summed E-state index contributed by atoms with van der Waals surface area (Å²) in [5, 5.41) is 0. The third kappa shape index (κ3) is 2.51. The number of pyridine rings is 1. The van der Waals surface area contributed by atoms with Crippen molar-refractivity contribution in [2.75, 3.05) is 7.11 Å². The summed E-state index contributed by atoms with van der Waals surface area (Å²) < 4.78 is 10.7. The van der Waals surface area contributed by atoms with Crippen molar-refractivity contribution in [3.8, 4) is 11.6 Å². The van der Waals surface area contributed by atoms with E-state index in [9.17, 15) is 0 Å². The molecule has 0 bridgehead atoms. The van der Waals surface area contributed by atoms with Gasteiger partial charge in [0.15, 0.2) is 5.75 Å². The molecule has 0 saturated heterocycles. The molecule has 0 unspecified atom stereocenters. The van der Waals surface area contributed by atoms with Crippen LogP contribution in [0.3, 0.4) is 0 Å². The van der Waals surface area contributed by atoms with Crippen LogP contribution in [0.1, 0.15) is 5.56 Å². The Balaban J connectivity index is 2.05. The third-order valence-corrected chi connectivity index (χ3v) is 2.17. The van der Waals surface area contributed by atoms with E-state index in [2.05, 4.69) is 4.98 Å². The van der Waals surface area contributed by atoms with Gasteiger partial charge in [0.25, 0.3) is 5.88 Å². The summed E-state index contributed by atoms with van der Waals surface area (Å²) in [6, 6.07) is 13.6. The van der Waals surface area contributed by atoms with E-state index < -0.39 is 0 Å². The molecule has 0 amide bonds. The lowest BCUT2D eigenvalue weighted by Gasteiger charge is -2.08. The summed E-state index contributed by atoms with van der Waals surface area (Å²) in [4.78, 5) is 4.06. The molecule has 0 N–H and O–H groups in total. The lowest BCUT2D eigenvalue weighted by Crippen LogP contribution is -1.98. The Kier molecular flexibility index (Phi) is 3.38. The molecule has 0 spiro atoms. The van der Waals surface area contributed by atoms with Crippen LogP contribution in [0, 0.1) is 0 Å². The van der Waals surface area contributed by atoms with E-state index >= 15 is 0 Å². The first kappa shape index (κ1) is 10.5. The average molecular weight is 215 g/mol. The molecule has 1 aromatic carbocycles. The van der Waals surface area contributed by atoms with Gasteiger partial charge in [0, 0.05) is 6.20 Å². The predicted octanol–water partition coefficient (Wildman–Crippen LogP) is 2.67. The van der Waals surface area contributed by atoms with Gasteiger partial charge in [0.2, 0.25) is 0 Å². The number of nitrogens with zero attached hydrogens (tertiary/aromatic N) is 1. The van der Waals surface area contributed by atoms with Crippen molar-refractivity contribution < 1.29 is 9.47 Å². The van der Waals surface area contributed by atoms with Crippen molar-refractivity contribution in [1.82, 2.24) is 4.98 Å². The maximum atomic E-state index is 5.63. The molecular formula is C13H13NO2. The largest absolute Gasteiger partial charge is 0.483 e. The van der Waals surface area contributed by atoms with Crippen molar-refractivity contribution in [2.45, 2.75) is 6.61 Å². The van der Waals surface area contributed by atoms with Gasteiger partial charge >= 0.3 is 0 Å². The van der Waals surface area contributed by atoms with Crippen LogP contribution >= 0.6 is 0 Å². The Morgan fingerprint density at radius 3 is 2.62 bits per heavy atom. The highest BCUT2D eigenvalue weighted by atomic mass is 16.5. The molecule has 0 aliphatic rings. The maximum Gasteiger partial charge on any atom is 0.256 e. The quantitative estimate of drug-likeness (QED) is 0.785. The van der Waals surface area contributed by atoms with E-state index in [0.29, 0.717) is 18.2 Å². The van der Waals surface area contributed by atoms with Gasteiger partial charge in [-0.2, -0.15) is 0 Å². The van der Waals surface area contributed by atoms with Crippen molar-refractivity contribution in [2.24, 2.45) is 0 Å². The highest BCUT2D eigenvalue weighted by Gasteiger charge is 2.03. The van der Waals surface area contributed by atoms with E-state index in [1.165, 1.54) is 0 Å². The zero-order chi connectivity index (χ0) is 11.2. The van der Waals surface area contributed by atoms with Gasteiger partial charge < -0.3 is 9.47 Å². The van der Waals surface area contributed by atoms with Crippen LogP contribution < -0.4 is 9.47 Å². The van der Waals surface area contributed by atoms with Gasteiger partial charge in [-0.15, -0.1) is 0 Å². The summed E-state index contributed by atoms with van der Waals surface area (Å²) in [6.07, 6.45) is 1.67. The van der Waals surface area contributed by atoms with Gasteiger partial charge in [-0.1, -0.05) is 30.3 Å². The summed E-state index contributed by atoms with van der Waals surface area (Å²) in [7, 11) is 1.58. The molecule has 0 fully saturated rings. The number of hydrogen-bond donors (Lipinski definition) is 0. The van der Waals surface area contributed by atoms with E-state index in [1.54, 1.807) is 13.3 Å². The summed E-state index contributed by atoms with van der Waals surface area (Å²) in [5.41, 5.74) is 1.12. The Morgan fingerprint density at radius 2 is 1.88 bits per heavy atom. The van der Waals surface area contributed by atoms with Crippen LogP contribution in [0.15, 0.2) is 48.7 Å². The number of aromatic nitrogens is 1. The van der Waals surface area contributed by atoms with Crippen molar-refractivity contribution in [3.05, 3.63) is 54.2 Å². The number of benzene rings is 1. The van der Waals surface area contributed by atoms with Gasteiger partial charge in [-0.05, 0) is 17.7 Å². The van der Waals surface area contributed by atoms with Crippen molar-refractivity contribution in [1.29, 1.82) is 0 Å². The molecular weight excluding hydrogens is 202 g/mol. The molecule has 0 radical (unpaired) electrons. The van der Waals surface area contributed by atoms with E-state index in [0.717, 1.165) is 5.56 Å². The fraction of sp³-hybridized carbons (Fsp3) is 0.154. The standard InChI is InChI=1S/C13H13NO2/c1-15-13-12(8-5-9-14-13)16-10-11-6-3-2-4-7-11/h2-9H,10H2,1H3. The van der Waals surface area contributed by atoms with E-state index in [4.69, 9.17) is 9.47 Å². The molecule has 0 aliphatic carbocycles. The monoisotopic (exact) mass is 215 g/mol. The zero-order valence-corrected chi connectivity index (χ0v) is 9.09. The lowest BCUT2D eigenvalue weighted by atomic mass is 10.2. The Morgan fingerprint density at radius 1 is 1.06 bits per heavy atom. The highest BCUT2D eigenvalue weighted by Crippen LogP contribution is 2.23. The van der Waals surface area contributed by atoms with E-state index in [1.807, 2.05) is 42.5 Å². The van der Waals surface area contributed by atoms with Crippen LogP contribution in [-0.2, 0) is 6.61 Å². The second-order valence-corrected chi connectivity index (χ2v) is 3.29. The van der Waals surface area contributed by atoms with Gasteiger partial charge in [-0.25, -0.2) is 4.98 Å². The lowest BCUT2D eigenvalue weighted by molar-refractivity contribution is 0.279. The second-order valence-electron chi connectivity index (χ2n) is 3.29. The minimum absolute atomic E-state index is 0.512. The van der Waals surface area contributed by atoms with Crippen LogP contribution in [0.4, 0.5) is 0 Å². The topological polar surface area (TPSA) is 31.4 Å². The molecule has 1 heterocycles. The Bertz CT molecular complexity index is 443. The van der Waals surface area contributed by atoms with Crippen LogP contribution in [0.25, 0.3) is 0 Å². The molecule has 0 saturated carbocycles. The first-order valence-electron chi connectivity index (χ1n) is 5.06. The third-order valence-electron chi connectivity index (χ3n) is 2.17. The van der Waals surface area contributed by atoms with Crippen molar-refractivity contribution >= 4 is 0 Å². The predicted molar refractivity (Wildman–Crippen MR) is 61.6 cm³/mol. The summed E-state index contributed by atoms with van der Waals surface area (Å²) in [6.45, 7) is 0.517. The molecule has 3 heteroatoms. The second kappa shape index (κ2) is 5.16. The number of ether oxygens (including phenoxy) is 2. The summed E-state index contributed by atoms with van der Waals surface area (Å²) >= 11 is 0. The molecule has 16 heavy (non-hydrogen) atoms. The molecule has 1 aromatic heterocycles. The molecule has 0 atom stereocenters. The molecule has 3 nitrogen and oxygen atoms in total. The molecule has 2 aromatic rings. The fourth-order valence-electron chi connectivity index (χ4n) is 1.37. The maximum absolute atomic E-state index is 5.63. The van der Waals surface area contributed by atoms with E-state index in [-0.39, 0.29) is 0 Å². The SMILES string of the molecule is COc1ncccc1OCc1ccccc1. The van der Waals surface area contributed by atoms with Gasteiger partial charge in [-0.3, -0.25) is 0 Å². The number of methoxy groups -OCH3 is 1. The normalized spacial score (nSPS) is 9.81. The van der Waals surface area contributed by atoms with Crippen LogP contribution in [0.2, 0.25) is 0 Å². The molecule has 0 aliphatic heterocycles. The van der Waals surface area contributed by atoms with Crippen LogP contribution in [-0.4, -0.2) is 12.1 Å². The smallest absolute Gasteiger partial charge is 0.256 e. The van der Waals surface area contributed by atoms with Gasteiger partial charge in [0.1, 0.15) is 6.61 Å². The molecule has 82 valence electrons. The van der Waals surface area contributed by atoms with Crippen molar-refractivity contribution in [3.63, 3.8) is 0 Å². The summed E-state index contributed by atoms with van der Waals surface area (Å²) in [5.74, 6) is 1.17. The zero-order valence-electron chi connectivity index (χ0n) is 9.09. The minimum atomic E-state index is 0.512. The highest BCUT2D eigenvalue weighted by molar-refractivity contribution is 5.32. The molecule has 2 rings (SSSR count).